The third kappa shape index (κ3) is 6.68. The number of unbranched alkanes of at least 4 members (excludes halogenated alkanes) is 1. The molecule has 0 atom stereocenters. The van der Waals surface area contributed by atoms with Crippen LogP contribution in [0, 0.1) is 13.8 Å². The van der Waals surface area contributed by atoms with Crippen molar-refractivity contribution in [3.05, 3.63) is 74.9 Å². The topological polar surface area (TPSA) is 67.2 Å². The molecule has 2 amide bonds. The minimum absolute atomic E-state index is 0.110. The van der Waals surface area contributed by atoms with Gasteiger partial charge in [-0.1, -0.05) is 75.0 Å². The van der Waals surface area contributed by atoms with Crippen LogP contribution in [-0.2, 0) is 10.2 Å². The average molecular weight is 530 g/mol. The molecule has 0 spiro atoms. The van der Waals surface area contributed by atoms with Gasteiger partial charge in [0.1, 0.15) is 12.4 Å². The van der Waals surface area contributed by atoms with Crippen LogP contribution in [0.25, 0.3) is 5.69 Å². The lowest BCUT2D eigenvalue weighted by Gasteiger charge is -2.23. The van der Waals surface area contributed by atoms with Gasteiger partial charge in [-0.2, -0.15) is 5.10 Å². The number of carbonyl (C=O) groups excluding carboxylic acids is 2. The molecule has 0 aliphatic rings. The van der Waals surface area contributed by atoms with E-state index in [1.807, 2.05) is 39.0 Å². The third-order valence-corrected chi connectivity index (χ3v) is 6.44. The van der Waals surface area contributed by atoms with Crippen molar-refractivity contribution in [3.8, 4) is 5.69 Å². The first-order valence-electron chi connectivity index (χ1n) is 12.1. The Balaban J connectivity index is 1.90. The van der Waals surface area contributed by atoms with Crippen LogP contribution in [0.1, 0.15) is 67.7 Å². The molecule has 3 rings (SSSR count). The van der Waals surface area contributed by atoms with Crippen LogP contribution in [0.3, 0.4) is 0 Å². The summed E-state index contributed by atoms with van der Waals surface area (Å²) in [6.07, 6.45) is 1.65. The van der Waals surface area contributed by atoms with E-state index in [0.29, 0.717) is 22.9 Å². The highest BCUT2D eigenvalue weighted by Gasteiger charge is 2.24. The van der Waals surface area contributed by atoms with E-state index >= 15 is 0 Å². The Kier molecular flexibility index (Phi) is 8.85. The van der Waals surface area contributed by atoms with Gasteiger partial charge in [0.05, 0.1) is 22.0 Å². The number of rotatable bonds is 8. The molecular weight excluding hydrogens is 495 g/mol. The molecule has 0 unspecified atom stereocenters. The van der Waals surface area contributed by atoms with Crippen LogP contribution >= 0.6 is 23.2 Å². The Bertz CT molecular complexity index is 1260. The molecule has 0 radical (unpaired) electrons. The summed E-state index contributed by atoms with van der Waals surface area (Å²) < 4.78 is 1.77. The molecule has 0 bridgehead atoms. The molecule has 2 aromatic carbocycles. The van der Waals surface area contributed by atoms with Crippen molar-refractivity contribution in [3.63, 3.8) is 0 Å². The van der Waals surface area contributed by atoms with Gasteiger partial charge in [-0.15, -0.1) is 0 Å². The van der Waals surface area contributed by atoms with E-state index in [1.165, 1.54) is 11.0 Å². The van der Waals surface area contributed by atoms with Crippen LogP contribution in [0.5, 0.6) is 0 Å². The maximum absolute atomic E-state index is 13.3. The second kappa shape index (κ2) is 11.5. The molecule has 36 heavy (non-hydrogen) atoms. The van der Waals surface area contributed by atoms with Crippen molar-refractivity contribution >= 4 is 40.8 Å². The largest absolute Gasteiger partial charge is 0.329 e. The highest BCUT2D eigenvalue weighted by atomic mass is 35.5. The Morgan fingerprint density at radius 1 is 1.06 bits per heavy atom. The maximum atomic E-state index is 13.3. The lowest BCUT2D eigenvalue weighted by molar-refractivity contribution is -0.117. The number of halogens is 2. The molecule has 0 fully saturated rings. The fraction of sp³-hybridized carbons (Fsp3) is 0.393. The summed E-state index contributed by atoms with van der Waals surface area (Å²) in [5.74, 6) is -0.0567. The molecule has 0 saturated heterocycles. The second-order valence-electron chi connectivity index (χ2n) is 10.1. The van der Waals surface area contributed by atoms with E-state index in [1.54, 1.807) is 16.8 Å². The molecule has 6 nitrogen and oxygen atoms in total. The summed E-state index contributed by atoms with van der Waals surface area (Å²) in [7, 11) is 0. The predicted molar refractivity (Wildman–Crippen MR) is 148 cm³/mol. The maximum Gasteiger partial charge on any atom is 0.255 e. The fourth-order valence-corrected chi connectivity index (χ4v) is 4.34. The van der Waals surface area contributed by atoms with Crippen molar-refractivity contribution in [1.29, 1.82) is 0 Å². The first-order valence-corrected chi connectivity index (χ1v) is 12.9. The van der Waals surface area contributed by atoms with Crippen LogP contribution in [-0.4, -0.2) is 39.6 Å². The van der Waals surface area contributed by atoms with Gasteiger partial charge in [-0.25, -0.2) is 4.68 Å². The number of hydrogen-bond donors (Lipinski definition) is 1. The summed E-state index contributed by atoms with van der Waals surface area (Å²) in [6, 6.07) is 12.7. The monoisotopic (exact) mass is 528 g/mol. The molecular formula is C28H34Cl2N4O2. The zero-order chi connectivity index (χ0) is 26.6. The van der Waals surface area contributed by atoms with Gasteiger partial charge < -0.3 is 10.2 Å². The number of anilines is 1. The summed E-state index contributed by atoms with van der Waals surface area (Å²) in [6.45, 7) is 12.7. The first-order chi connectivity index (χ1) is 16.9. The zero-order valence-corrected chi connectivity index (χ0v) is 23.3. The highest BCUT2D eigenvalue weighted by Crippen LogP contribution is 2.28. The Labute approximate surface area is 223 Å². The minimum Gasteiger partial charge on any atom is -0.329 e. The molecule has 1 aromatic heterocycles. The first kappa shape index (κ1) is 27.8. The molecule has 0 aliphatic heterocycles. The van der Waals surface area contributed by atoms with Crippen molar-refractivity contribution in [2.75, 3.05) is 18.4 Å². The van der Waals surface area contributed by atoms with Crippen LogP contribution in [0.4, 0.5) is 5.82 Å². The molecule has 1 N–H and O–H groups in total. The van der Waals surface area contributed by atoms with E-state index in [4.69, 9.17) is 28.3 Å². The van der Waals surface area contributed by atoms with Crippen molar-refractivity contribution in [1.82, 2.24) is 14.7 Å². The van der Waals surface area contributed by atoms with Gasteiger partial charge in [0.25, 0.3) is 5.91 Å². The average Bonchev–Trinajstić information content (AvgIpc) is 3.20. The normalized spacial score (nSPS) is 11.4. The van der Waals surface area contributed by atoms with Crippen LogP contribution in [0.2, 0.25) is 10.0 Å². The standard InChI is InChI=1S/C28H34Cl2N4O2/c1-7-8-13-33(27(36)21-11-10-20(29)15-22(21)30)17-26(35)31-25-16-24(28(4,5)6)32-34(25)23-12-9-18(2)14-19(23)3/h9-12,14-16H,7-8,13,17H2,1-6H3,(H,31,35). The number of nitrogens with one attached hydrogen (secondary N) is 1. The summed E-state index contributed by atoms with van der Waals surface area (Å²) in [5.41, 5.74) is 4.04. The lowest BCUT2D eigenvalue weighted by atomic mass is 9.92. The molecule has 8 heteroatoms. The summed E-state index contributed by atoms with van der Waals surface area (Å²) >= 11 is 12.3. The fourth-order valence-electron chi connectivity index (χ4n) is 3.85. The molecule has 0 aliphatic carbocycles. The molecule has 0 saturated carbocycles. The number of benzene rings is 2. The SMILES string of the molecule is CCCCN(CC(=O)Nc1cc(C(C)(C)C)nn1-c1ccc(C)cc1C)C(=O)c1ccc(Cl)cc1Cl. The third-order valence-electron chi connectivity index (χ3n) is 5.89. The van der Waals surface area contributed by atoms with Crippen molar-refractivity contribution in [2.45, 2.75) is 59.8 Å². The number of aryl methyl sites for hydroxylation is 2. The van der Waals surface area contributed by atoms with Gasteiger partial charge in [0, 0.05) is 23.0 Å². The van der Waals surface area contributed by atoms with E-state index in [-0.39, 0.29) is 28.8 Å². The highest BCUT2D eigenvalue weighted by molar-refractivity contribution is 6.36. The smallest absolute Gasteiger partial charge is 0.255 e. The van der Waals surface area contributed by atoms with E-state index < -0.39 is 0 Å². The molecule has 192 valence electrons. The quantitative estimate of drug-likeness (QED) is 0.343. The Hall–Kier alpha value is -2.83. The van der Waals surface area contributed by atoms with Crippen molar-refractivity contribution in [2.24, 2.45) is 0 Å². The predicted octanol–water partition coefficient (Wildman–Crippen LogP) is 6.97. The summed E-state index contributed by atoms with van der Waals surface area (Å²) in [4.78, 5) is 28.0. The van der Waals surface area contributed by atoms with Crippen LogP contribution < -0.4 is 5.32 Å². The lowest BCUT2D eigenvalue weighted by Crippen LogP contribution is -2.39. The van der Waals surface area contributed by atoms with Crippen molar-refractivity contribution < 1.29 is 9.59 Å². The molecule has 1 heterocycles. The summed E-state index contributed by atoms with van der Waals surface area (Å²) in [5, 5.41) is 8.52. The van der Waals surface area contributed by atoms with E-state index in [9.17, 15) is 9.59 Å². The van der Waals surface area contributed by atoms with E-state index in [0.717, 1.165) is 35.3 Å². The number of amides is 2. The van der Waals surface area contributed by atoms with Gasteiger partial charge in [0.15, 0.2) is 0 Å². The van der Waals surface area contributed by atoms with Gasteiger partial charge in [-0.3, -0.25) is 9.59 Å². The van der Waals surface area contributed by atoms with Gasteiger partial charge in [-0.05, 0) is 50.1 Å². The Morgan fingerprint density at radius 3 is 2.39 bits per heavy atom. The minimum atomic E-state index is -0.309. The number of aromatic nitrogens is 2. The number of nitrogens with zero attached hydrogens (tertiary/aromatic N) is 3. The Morgan fingerprint density at radius 2 is 1.78 bits per heavy atom. The van der Waals surface area contributed by atoms with Crippen LogP contribution in [0.15, 0.2) is 42.5 Å². The van der Waals surface area contributed by atoms with Gasteiger partial charge in [0.2, 0.25) is 5.91 Å². The van der Waals surface area contributed by atoms with Gasteiger partial charge >= 0.3 is 0 Å². The molecule has 3 aromatic rings. The van der Waals surface area contributed by atoms with E-state index in [2.05, 4.69) is 32.2 Å². The number of carbonyl (C=O) groups is 2. The zero-order valence-electron chi connectivity index (χ0n) is 21.8. The number of hydrogen-bond acceptors (Lipinski definition) is 3. The second-order valence-corrected chi connectivity index (χ2v) is 11.0.